The Labute approximate surface area is 187 Å². The van der Waals surface area contributed by atoms with Crippen LogP contribution in [0.15, 0.2) is 42.6 Å². The molecule has 0 saturated carbocycles. The Morgan fingerprint density at radius 3 is 2.68 bits per heavy atom. The normalized spacial score (nSPS) is 15.7. The average Bonchev–Trinajstić information content (AvgIpc) is 3.18. The molecule has 0 aliphatic carbocycles. The van der Waals surface area contributed by atoms with Gasteiger partial charge >= 0.3 is 0 Å². The van der Waals surface area contributed by atoms with Crippen LogP contribution in [0.1, 0.15) is 36.5 Å². The Kier molecular flexibility index (Phi) is 6.23. The molecule has 1 aliphatic heterocycles. The number of fused-ring (bicyclic) bond motifs is 2. The lowest BCUT2D eigenvalue weighted by atomic mass is 9.73. The van der Waals surface area contributed by atoms with Gasteiger partial charge in [0.1, 0.15) is 13.2 Å². The van der Waals surface area contributed by atoms with Gasteiger partial charge in [-0.15, -0.1) is 0 Å². The molecule has 1 aliphatic rings. The molecule has 3 aromatic rings. The third-order valence-electron chi connectivity index (χ3n) is 5.95. The predicted octanol–water partition coefficient (Wildman–Crippen LogP) is 4.78. The summed E-state index contributed by atoms with van der Waals surface area (Å²) in [7, 11) is -4.02. The van der Waals surface area contributed by atoms with Gasteiger partial charge < -0.3 is 14.5 Å². The summed E-state index contributed by atoms with van der Waals surface area (Å²) < 4.78 is 43.5. The summed E-state index contributed by atoms with van der Waals surface area (Å²) >= 11 is 1.77. The number of thioether (sulfide) groups is 1. The van der Waals surface area contributed by atoms with Gasteiger partial charge in [0.2, 0.25) is 0 Å². The Hall–Kier alpha value is -2.16. The Balaban J connectivity index is 1.81. The summed E-state index contributed by atoms with van der Waals surface area (Å²) in [5.41, 5.74) is 3.96. The number of aromatic amines is 1. The first-order chi connectivity index (χ1) is 14.8. The van der Waals surface area contributed by atoms with Gasteiger partial charge in [-0.3, -0.25) is 4.55 Å². The van der Waals surface area contributed by atoms with Crippen LogP contribution in [0.4, 0.5) is 0 Å². The van der Waals surface area contributed by atoms with E-state index in [1.54, 1.807) is 11.8 Å². The van der Waals surface area contributed by atoms with Gasteiger partial charge in [-0.05, 0) is 47.9 Å². The van der Waals surface area contributed by atoms with Gasteiger partial charge in [-0.2, -0.15) is 20.2 Å². The molecule has 2 aromatic carbocycles. The first-order valence-electron chi connectivity index (χ1n) is 10.3. The van der Waals surface area contributed by atoms with Crippen LogP contribution in [0.2, 0.25) is 0 Å². The lowest BCUT2D eigenvalue weighted by Gasteiger charge is -2.32. The van der Waals surface area contributed by atoms with Crippen LogP contribution in [0.5, 0.6) is 11.5 Å². The molecule has 0 bridgehead atoms. The summed E-state index contributed by atoms with van der Waals surface area (Å²) in [6, 6.07) is 12.2. The summed E-state index contributed by atoms with van der Waals surface area (Å²) in [5, 5.41) is 1.12. The molecule has 31 heavy (non-hydrogen) atoms. The molecule has 166 valence electrons. The minimum absolute atomic E-state index is 0.271. The van der Waals surface area contributed by atoms with Crippen LogP contribution in [0.25, 0.3) is 10.9 Å². The monoisotopic (exact) mass is 461 g/mol. The molecule has 2 heterocycles. The summed E-state index contributed by atoms with van der Waals surface area (Å²) in [5.74, 6) is 2.05. The minimum atomic E-state index is -4.02. The summed E-state index contributed by atoms with van der Waals surface area (Å²) in [6.07, 6.45) is 4.99. The summed E-state index contributed by atoms with van der Waals surface area (Å²) in [4.78, 5) is 3.45. The summed E-state index contributed by atoms with van der Waals surface area (Å²) in [6.45, 7) is 3.14. The fourth-order valence-electron chi connectivity index (χ4n) is 4.38. The van der Waals surface area contributed by atoms with Gasteiger partial charge in [-0.1, -0.05) is 31.2 Å². The third kappa shape index (κ3) is 4.56. The average molecular weight is 462 g/mol. The van der Waals surface area contributed by atoms with E-state index in [4.69, 9.17) is 9.47 Å². The lowest BCUT2D eigenvalue weighted by molar-refractivity contribution is 0.171. The van der Waals surface area contributed by atoms with E-state index < -0.39 is 15.5 Å². The number of hydrogen-bond acceptors (Lipinski definition) is 5. The molecule has 0 spiro atoms. The van der Waals surface area contributed by atoms with Crippen LogP contribution >= 0.6 is 11.8 Å². The van der Waals surface area contributed by atoms with E-state index >= 15 is 0 Å². The van der Waals surface area contributed by atoms with Crippen LogP contribution in [-0.4, -0.2) is 43.2 Å². The second-order valence-electron chi connectivity index (χ2n) is 8.06. The van der Waals surface area contributed by atoms with Crippen molar-refractivity contribution in [3.8, 4) is 11.5 Å². The van der Waals surface area contributed by atoms with Crippen molar-refractivity contribution in [2.75, 3.05) is 25.2 Å². The zero-order valence-electron chi connectivity index (χ0n) is 17.7. The van der Waals surface area contributed by atoms with Gasteiger partial charge in [0.15, 0.2) is 11.5 Å². The number of H-pyrrole nitrogens is 1. The molecule has 6 nitrogen and oxygen atoms in total. The first kappa shape index (κ1) is 22.0. The third-order valence-corrected chi connectivity index (χ3v) is 7.36. The smallest absolute Gasteiger partial charge is 0.264 e. The maximum Gasteiger partial charge on any atom is 0.264 e. The highest BCUT2D eigenvalue weighted by Gasteiger charge is 2.33. The van der Waals surface area contributed by atoms with E-state index in [2.05, 4.69) is 36.4 Å². The number of ether oxygens (including phenoxy) is 2. The van der Waals surface area contributed by atoms with Crippen molar-refractivity contribution in [3.63, 3.8) is 0 Å². The Morgan fingerprint density at radius 1 is 1.16 bits per heavy atom. The van der Waals surface area contributed by atoms with Crippen LogP contribution in [0, 0.1) is 0 Å². The quantitative estimate of drug-likeness (QED) is 0.470. The van der Waals surface area contributed by atoms with Crippen molar-refractivity contribution in [1.29, 1.82) is 0 Å². The second-order valence-corrected chi connectivity index (χ2v) is 10.5. The van der Waals surface area contributed by atoms with Crippen LogP contribution < -0.4 is 9.47 Å². The largest absolute Gasteiger partial charge is 0.486 e. The highest BCUT2D eigenvalue weighted by atomic mass is 32.2. The molecule has 8 heteroatoms. The van der Waals surface area contributed by atoms with E-state index in [-0.39, 0.29) is 5.75 Å². The van der Waals surface area contributed by atoms with E-state index in [0.29, 0.717) is 31.8 Å². The molecule has 4 rings (SSSR count). The van der Waals surface area contributed by atoms with Crippen LogP contribution in [-0.2, 0) is 21.3 Å². The van der Waals surface area contributed by atoms with E-state index in [1.807, 2.05) is 24.4 Å². The predicted molar refractivity (Wildman–Crippen MR) is 125 cm³/mol. The number of nitrogens with one attached hydrogen (secondary N) is 1. The zero-order valence-corrected chi connectivity index (χ0v) is 19.3. The lowest BCUT2D eigenvalue weighted by Crippen LogP contribution is -2.25. The SMILES string of the molecule is CSCc1cccc2c(C(C)(CCCS(=O)(=O)O)c3ccc4c(c3)OCCO4)c[nH]c12. The fraction of sp³-hybridized carbons (Fsp3) is 0.391. The molecule has 1 aromatic heterocycles. The van der Waals surface area contributed by atoms with Crippen molar-refractivity contribution in [2.24, 2.45) is 0 Å². The van der Waals surface area contributed by atoms with Crippen molar-refractivity contribution < 1.29 is 22.4 Å². The number of para-hydroxylation sites is 1. The van der Waals surface area contributed by atoms with Crippen molar-refractivity contribution in [2.45, 2.75) is 30.9 Å². The second kappa shape index (κ2) is 8.76. The minimum Gasteiger partial charge on any atom is -0.486 e. The fourth-order valence-corrected chi connectivity index (χ4v) is 5.44. The standard InChI is InChI=1S/C23H27NO5S2/c1-23(9-4-12-31(25,26)27,17-7-8-20-21(13-17)29-11-10-28-20)19-14-24-22-16(15-30-2)5-3-6-18(19)22/h3,5-8,13-14,24H,4,9-12,15H2,1-2H3,(H,25,26,27). The van der Waals surface area contributed by atoms with E-state index in [1.165, 1.54) is 5.56 Å². The van der Waals surface area contributed by atoms with Crippen molar-refractivity contribution >= 4 is 32.8 Å². The molecular weight excluding hydrogens is 434 g/mol. The van der Waals surface area contributed by atoms with Crippen LogP contribution in [0.3, 0.4) is 0 Å². The highest BCUT2D eigenvalue weighted by Crippen LogP contribution is 2.44. The zero-order chi connectivity index (χ0) is 22.1. The number of hydrogen-bond donors (Lipinski definition) is 2. The molecule has 1 unspecified atom stereocenters. The first-order valence-corrected chi connectivity index (χ1v) is 13.3. The van der Waals surface area contributed by atoms with Crippen molar-refractivity contribution in [3.05, 3.63) is 59.3 Å². The Bertz CT molecular complexity index is 1190. The van der Waals surface area contributed by atoms with Gasteiger partial charge in [0, 0.05) is 28.3 Å². The number of benzene rings is 2. The van der Waals surface area contributed by atoms with E-state index in [9.17, 15) is 13.0 Å². The maximum atomic E-state index is 11.4. The topological polar surface area (TPSA) is 88.6 Å². The van der Waals surface area contributed by atoms with Gasteiger partial charge in [0.05, 0.1) is 5.75 Å². The van der Waals surface area contributed by atoms with Gasteiger partial charge in [-0.25, -0.2) is 0 Å². The highest BCUT2D eigenvalue weighted by molar-refractivity contribution is 7.97. The van der Waals surface area contributed by atoms with Crippen molar-refractivity contribution in [1.82, 2.24) is 4.98 Å². The Morgan fingerprint density at radius 2 is 1.94 bits per heavy atom. The van der Waals surface area contributed by atoms with E-state index in [0.717, 1.165) is 33.5 Å². The molecule has 0 fully saturated rings. The maximum absolute atomic E-state index is 11.4. The molecule has 2 N–H and O–H groups in total. The molecule has 0 radical (unpaired) electrons. The van der Waals surface area contributed by atoms with Gasteiger partial charge in [0.25, 0.3) is 10.1 Å². The molecule has 0 saturated heterocycles. The molecule has 0 amide bonds. The number of rotatable bonds is 8. The molecular formula is C23H27NO5S2. The molecule has 1 atom stereocenters. The number of aromatic nitrogens is 1.